The van der Waals surface area contributed by atoms with Crippen LogP contribution >= 0.6 is 0 Å². The topological polar surface area (TPSA) is 85.2 Å². The van der Waals surface area contributed by atoms with Gasteiger partial charge in [0.05, 0.1) is 18.4 Å². The molecule has 4 aromatic rings. The summed E-state index contributed by atoms with van der Waals surface area (Å²) < 4.78 is 7.23. The Hall–Kier alpha value is -4.39. The zero-order valence-corrected chi connectivity index (χ0v) is 19.4. The highest BCUT2D eigenvalue weighted by molar-refractivity contribution is 6.00. The van der Waals surface area contributed by atoms with Crippen LogP contribution < -0.4 is 15.4 Å². The molecule has 5 rings (SSSR count). The van der Waals surface area contributed by atoms with E-state index in [2.05, 4.69) is 10.6 Å². The quantitative estimate of drug-likeness (QED) is 0.390. The van der Waals surface area contributed by atoms with E-state index in [4.69, 9.17) is 9.84 Å². The SMILES string of the molecule is COc1ccccc1-c1nn(-c2ccccc2)cc1C(=O)NCc1cccc(NC(=O)C2CC2)c1. The lowest BCUT2D eigenvalue weighted by Crippen LogP contribution is -2.23. The third-order valence-electron chi connectivity index (χ3n) is 5.94. The van der Waals surface area contributed by atoms with Gasteiger partial charge in [0.2, 0.25) is 5.91 Å². The summed E-state index contributed by atoms with van der Waals surface area (Å²) in [6, 6.07) is 24.7. The molecule has 176 valence electrons. The maximum atomic E-state index is 13.3. The molecule has 35 heavy (non-hydrogen) atoms. The molecule has 1 saturated carbocycles. The van der Waals surface area contributed by atoms with Crippen LogP contribution in [0.2, 0.25) is 0 Å². The second kappa shape index (κ2) is 9.85. The van der Waals surface area contributed by atoms with Crippen molar-refractivity contribution in [3.05, 3.63) is 96.2 Å². The fraction of sp³-hybridized carbons (Fsp3) is 0.179. The van der Waals surface area contributed by atoms with E-state index in [0.29, 0.717) is 23.6 Å². The lowest BCUT2D eigenvalue weighted by molar-refractivity contribution is -0.117. The Morgan fingerprint density at radius 1 is 1.00 bits per heavy atom. The van der Waals surface area contributed by atoms with E-state index in [1.807, 2.05) is 78.9 Å². The predicted octanol–water partition coefficient (Wildman–Crippen LogP) is 4.83. The van der Waals surface area contributed by atoms with E-state index in [1.165, 1.54) is 0 Å². The van der Waals surface area contributed by atoms with Crippen LogP contribution in [0.5, 0.6) is 5.75 Å². The number of rotatable bonds is 8. The van der Waals surface area contributed by atoms with Gasteiger partial charge in [-0.15, -0.1) is 0 Å². The first-order valence-electron chi connectivity index (χ1n) is 11.6. The van der Waals surface area contributed by atoms with E-state index >= 15 is 0 Å². The minimum Gasteiger partial charge on any atom is -0.496 e. The number of methoxy groups -OCH3 is 1. The third-order valence-corrected chi connectivity index (χ3v) is 5.94. The molecular weight excluding hydrogens is 440 g/mol. The van der Waals surface area contributed by atoms with Crippen molar-refractivity contribution in [2.24, 2.45) is 5.92 Å². The molecule has 2 amide bonds. The lowest BCUT2D eigenvalue weighted by Gasteiger charge is -2.10. The number of nitrogens with one attached hydrogen (secondary N) is 2. The summed E-state index contributed by atoms with van der Waals surface area (Å²) in [5, 5.41) is 10.7. The molecule has 2 N–H and O–H groups in total. The second-order valence-corrected chi connectivity index (χ2v) is 8.52. The standard InChI is InChI=1S/C28H26N4O3/c1-35-25-13-6-5-12-23(25)26-24(18-32(31-26)22-10-3-2-4-11-22)28(34)29-17-19-8-7-9-21(16-19)30-27(33)20-14-15-20/h2-13,16,18,20H,14-15,17H2,1H3,(H,29,34)(H,30,33). The van der Waals surface area contributed by atoms with Crippen LogP contribution in [-0.4, -0.2) is 28.7 Å². The summed E-state index contributed by atoms with van der Waals surface area (Å²) in [4.78, 5) is 25.4. The first-order chi connectivity index (χ1) is 17.1. The van der Waals surface area contributed by atoms with Gasteiger partial charge < -0.3 is 15.4 Å². The van der Waals surface area contributed by atoms with Crippen molar-refractivity contribution in [2.75, 3.05) is 12.4 Å². The zero-order valence-electron chi connectivity index (χ0n) is 19.4. The predicted molar refractivity (Wildman–Crippen MR) is 135 cm³/mol. The number of hydrogen-bond donors (Lipinski definition) is 2. The molecule has 7 nitrogen and oxygen atoms in total. The normalized spacial score (nSPS) is 12.7. The third kappa shape index (κ3) is 5.09. The molecule has 1 fully saturated rings. The van der Waals surface area contributed by atoms with Crippen molar-refractivity contribution in [3.8, 4) is 22.7 Å². The zero-order chi connectivity index (χ0) is 24.2. The fourth-order valence-electron chi connectivity index (χ4n) is 3.92. The van der Waals surface area contributed by atoms with Crippen LogP contribution in [0.1, 0.15) is 28.8 Å². The molecule has 1 aromatic heterocycles. The van der Waals surface area contributed by atoms with Crippen LogP contribution in [0.15, 0.2) is 85.1 Å². The number of ether oxygens (including phenoxy) is 1. The molecular formula is C28H26N4O3. The Morgan fingerprint density at radius 2 is 1.77 bits per heavy atom. The highest BCUT2D eigenvalue weighted by Gasteiger charge is 2.29. The maximum Gasteiger partial charge on any atom is 0.255 e. The summed E-state index contributed by atoms with van der Waals surface area (Å²) in [5.41, 5.74) is 4.19. The number of aromatic nitrogens is 2. The van der Waals surface area contributed by atoms with Crippen molar-refractivity contribution < 1.29 is 14.3 Å². The summed E-state index contributed by atoms with van der Waals surface area (Å²) in [5.74, 6) is 0.577. The minimum absolute atomic E-state index is 0.0564. The van der Waals surface area contributed by atoms with E-state index < -0.39 is 0 Å². The molecule has 3 aromatic carbocycles. The lowest BCUT2D eigenvalue weighted by atomic mass is 10.1. The number of carbonyl (C=O) groups excluding carboxylic acids is 2. The van der Waals surface area contributed by atoms with Crippen LogP contribution in [0, 0.1) is 5.92 Å². The Balaban J connectivity index is 1.40. The van der Waals surface area contributed by atoms with Crippen LogP contribution in [0.4, 0.5) is 5.69 Å². The molecule has 0 aliphatic heterocycles. The van der Waals surface area contributed by atoms with Crippen LogP contribution in [0.25, 0.3) is 16.9 Å². The van der Waals surface area contributed by atoms with Gasteiger partial charge >= 0.3 is 0 Å². The second-order valence-electron chi connectivity index (χ2n) is 8.52. The summed E-state index contributed by atoms with van der Waals surface area (Å²) >= 11 is 0. The molecule has 1 aliphatic rings. The van der Waals surface area contributed by atoms with Crippen molar-refractivity contribution >= 4 is 17.5 Å². The maximum absolute atomic E-state index is 13.3. The molecule has 0 saturated heterocycles. The Bertz CT molecular complexity index is 1360. The van der Waals surface area contributed by atoms with Gasteiger partial charge in [-0.2, -0.15) is 5.10 Å². The first-order valence-corrected chi connectivity index (χ1v) is 11.6. The molecule has 0 atom stereocenters. The summed E-state index contributed by atoms with van der Waals surface area (Å²) in [6.07, 6.45) is 3.64. The average molecular weight is 467 g/mol. The average Bonchev–Trinajstić information content (AvgIpc) is 3.66. The number of hydrogen-bond acceptors (Lipinski definition) is 4. The van der Waals surface area contributed by atoms with Gasteiger partial charge in [-0.05, 0) is 54.8 Å². The van der Waals surface area contributed by atoms with Crippen molar-refractivity contribution in [1.29, 1.82) is 0 Å². The van der Waals surface area contributed by atoms with Crippen molar-refractivity contribution in [3.63, 3.8) is 0 Å². The molecule has 0 bridgehead atoms. The largest absolute Gasteiger partial charge is 0.496 e. The molecule has 7 heteroatoms. The Kier molecular flexibility index (Phi) is 6.30. The Morgan fingerprint density at radius 3 is 2.54 bits per heavy atom. The Labute approximate surface area is 203 Å². The van der Waals surface area contributed by atoms with Gasteiger partial charge in [0, 0.05) is 29.9 Å². The minimum atomic E-state index is -0.250. The number of benzene rings is 3. The molecule has 1 aliphatic carbocycles. The molecule has 0 radical (unpaired) electrons. The highest BCUT2D eigenvalue weighted by atomic mass is 16.5. The van der Waals surface area contributed by atoms with Gasteiger partial charge in [0.15, 0.2) is 0 Å². The van der Waals surface area contributed by atoms with Crippen LogP contribution in [0.3, 0.4) is 0 Å². The van der Waals surface area contributed by atoms with E-state index in [0.717, 1.165) is 35.3 Å². The van der Waals surface area contributed by atoms with E-state index in [9.17, 15) is 9.59 Å². The monoisotopic (exact) mass is 466 g/mol. The van der Waals surface area contributed by atoms with Gasteiger partial charge in [-0.25, -0.2) is 4.68 Å². The van der Waals surface area contributed by atoms with Gasteiger partial charge in [-0.1, -0.05) is 42.5 Å². The number of anilines is 1. The van der Waals surface area contributed by atoms with Gasteiger partial charge in [-0.3, -0.25) is 9.59 Å². The highest BCUT2D eigenvalue weighted by Crippen LogP contribution is 2.32. The van der Waals surface area contributed by atoms with Crippen molar-refractivity contribution in [1.82, 2.24) is 15.1 Å². The number of para-hydroxylation sites is 2. The summed E-state index contributed by atoms with van der Waals surface area (Å²) in [7, 11) is 1.60. The van der Waals surface area contributed by atoms with Crippen LogP contribution in [-0.2, 0) is 11.3 Å². The van der Waals surface area contributed by atoms with Gasteiger partial charge in [0.25, 0.3) is 5.91 Å². The first kappa shape index (κ1) is 22.4. The number of nitrogens with zero attached hydrogens (tertiary/aromatic N) is 2. The van der Waals surface area contributed by atoms with E-state index in [1.54, 1.807) is 18.0 Å². The molecule has 1 heterocycles. The smallest absolute Gasteiger partial charge is 0.255 e. The van der Waals surface area contributed by atoms with Gasteiger partial charge in [0.1, 0.15) is 11.4 Å². The summed E-state index contributed by atoms with van der Waals surface area (Å²) in [6.45, 7) is 0.313. The number of carbonyl (C=O) groups is 2. The number of amides is 2. The fourth-order valence-corrected chi connectivity index (χ4v) is 3.92. The van der Waals surface area contributed by atoms with E-state index in [-0.39, 0.29) is 17.7 Å². The van der Waals surface area contributed by atoms with Crippen molar-refractivity contribution in [2.45, 2.75) is 19.4 Å². The molecule has 0 unspecified atom stereocenters. The molecule has 0 spiro atoms.